The average molecular weight is 639 g/mol. The molecule has 2 fully saturated rings. The maximum Gasteiger partial charge on any atom is 0.416 e. The Morgan fingerprint density at radius 1 is 1.04 bits per heavy atom. The minimum absolute atomic E-state index is 0.0190. The lowest BCUT2D eigenvalue weighted by Crippen LogP contribution is -2.57. The molecule has 45 heavy (non-hydrogen) atoms. The molecule has 2 heterocycles. The second-order valence-electron chi connectivity index (χ2n) is 12.2. The molecule has 0 spiro atoms. The lowest BCUT2D eigenvalue weighted by molar-refractivity contribution is -0.137. The molecule has 4 N–H and O–H groups in total. The third kappa shape index (κ3) is 8.63. The molecule has 1 aliphatic carbocycles. The van der Waals surface area contributed by atoms with E-state index in [1.54, 1.807) is 25.7 Å². The zero-order chi connectivity index (χ0) is 33.0. The van der Waals surface area contributed by atoms with Crippen LogP contribution in [0.3, 0.4) is 0 Å². The molecule has 0 radical (unpaired) electrons. The van der Waals surface area contributed by atoms with E-state index < -0.39 is 46.6 Å². The largest absolute Gasteiger partial charge is 0.444 e. The Hall–Kier alpha value is -4.37. The molecule has 2 aliphatic rings. The average Bonchev–Trinajstić information content (AvgIpc) is 3.83. The highest BCUT2D eigenvalue weighted by atomic mass is 19.4. The highest BCUT2D eigenvalue weighted by molar-refractivity contribution is 5.86. The summed E-state index contributed by atoms with van der Waals surface area (Å²) < 4.78 is 60.4. The molecule has 1 saturated heterocycles. The van der Waals surface area contributed by atoms with Crippen molar-refractivity contribution in [2.24, 2.45) is 5.41 Å². The number of nitrogens with zero attached hydrogens (tertiary/aromatic N) is 4. The Morgan fingerprint density at radius 3 is 2.24 bits per heavy atom. The minimum atomic E-state index is -4.47. The van der Waals surface area contributed by atoms with Crippen LogP contribution in [0.15, 0.2) is 30.6 Å². The van der Waals surface area contributed by atoms with Crippen LogP contribution in [0, 0.1) is 11.2 Å². The molecule has 4 rings (SSSR count). The van der Waals surface area contributed by atoms with E-state index in [0.717, 1.165) is 25.0 Å². The number of rotatable bonds is 8. The van der Waals surface area contributed by atoms with E-state index in [9.17, 15) is 27.6 Å². The summed E-state index contributed by atoms with van der Waals surface area (Å²) in [5, 5.41) is 5.26. The van der Waals surface area contributed by atoms with Crippen molar-refractivity contribution < 1.29 is 36.7 Å². The lowest BCUT2D eigenvalue weighted by atomic mass is 9.77. The van der Waals surface area contributed by atoms with Gasteiger partial charge in [0.15, 0.2) is 11.6 Å². The number of amides is 4. The SMILES string of the molecule is CNC(=O)NNC(=O)C1(CNc2ncnc(N(Cc3ccc(C(F)(F)F)cc3)C3CC3)c2F)CCN(C(=O)OC(C)(C)C)CC1. The smallest absolute Gasteiger partial charge is 0.416 e. The number of urea groups is 1. The van der Waals surface area contributed by atoms with E-state index in [-0.39, 0.29) is 56.7 Å². The molecule has 0 atom stereocenters. The zero-order valence-corrected chi connectivity index (χ0v) is 25.6. The topological polar surface area (TPSA) is 141 Å². The van der Waals surface area contributed by atoms with Gasteiger partial charge in [-0.1, -0.05) is 12.1 Å². The first-order chi connectivity index (χ1) is 21.1. The molecule has 2 aromatic rings. The Labute approximate surface area is 258 Å². The number of carbonyl (C=O) groups excluding carboxylic acids is 3. The van der Waals surface area contributed by atoms with Gasteiger partial charge in [0.25, 0.3) is 0 Å². The van der Waals surface area contributed by atoms with Crippen molar-refractivity contribution in [1.29, 1.82) is 0 Å². The van der Waals surface area contributed by atoms with Gasteiger partial charge < -0.3 is 25.2 Å². The predicted molar refractivity (Wildman–Crippen MR) is 156 cm³/mol. The van der Waals surface area contributed by atoms with Crippen LogP contribution < -0.4 is 26.4 Å². The summed E-state index contributed by atoms with van der Waals surface area (Å²) in [7, 11) is 1.39. The fraction of sp³-hybridized carbons (Fsp3) is 0.552. The molecule has 1 aliphatic heterocycles. The molecule has 0 unspecified atom stereocenters. The van der Waals surface area contributed by atoms with Crippen LogP contribution in [0.4, 0.5) is 38.8 Å². The number of likely N-dealkylation sites (tertiary alicyclic amines) is 1. The number of carbonyl (C=O) groups is 3. The number of benzene rings is 1. The molecule has 12 nitrogen and oxygen atoms in total. The van der Waals surface area contributed by atoms with Crippen molar-refractivity contribution in [1.82, 2.24) is 31.0 Å². The first kappa shape index (κ1) is 33.5. The van der Waals surface area contributed by atoms with Gasteiger partial charge >= 0.3 is 18.3 Å². The lowest BCUT2D eigenvalue weighted by Gasteiger charge is -2.40. The highest BCUT2D eigenvalue weighted by Gasteiger charge is 2.44. The van der Waals surface area contributed by atoms with E-state index >= 15 is 4.39 Å². The van der Waals surface area contributed by atoms with Gasteiger partial charge in [-0.2, -0.15) is 17.6 Å². The van der Waals surface area contributed by atoms with Gasteiger partial charge in [-0.3, -0.25) is 10.2 Å². The van der Waals surface area contributed by atoms with Crippen LogP contribution in [0.25, 0.3) is 0 Å². The number of hydrogen-bond acceptors (Lipinski definition) is 8. The quantitative estimate of drug-likeness (QED) is 0.249. The van der Waals surface area contributed by atoms with Crippen molar-refractivity contribution in [3.63, 3.8) is 0 Å². The van der Waals surface area contributed by atoms with E-state index in [2.05, 4.69) is 31.5 Å². The molecule has 246 valence electrons. The summed E-state index contributed by atoms with van der Waals surface area (Å²) in [6, 6.07) is 4.00. The van der Waals surface area contributed by atoms with Gasteiger partial charge in [-0.15, -0.1) is 0 Å². The first-order valence-corrected chi connectivity index (χ1v) is 14.5. The van der Waals surface area contributed by atoms with E-state index in [1.807, 2.05) is 0 Å². The Morgan fingerprint density at radius 2 is 1.69 bits per heavy atom. The van der Waals surface area contributed by atoms with E-state index in [1.165, 1.54) is 30.4 Å². The number of nitrogens with one attached hydrogen (secondary N) is 4. The summed E-state index contributed by atoms with van der Waals surface area (Å²) in [4.78, 5) is 49.1. The van der Waals surface area contributed by atoms with E-state index in [0.29, 0.717) is 5.56 Å². The van der Waals surface area contributed by atoms with Crippen molar-refractivity contribution >= 4 is 29.7 Å². The summed E-state index contributed by atoms with van der Waals surface area (Å²) in [5.74, 6) is -1.51. The molecule has 1 aromatic carbocycles. The Bertz CT molecular complexity index is 1370. The highest BCUT2D eigenvalue weighted by Crippen LogP contribution is 2.37. The maximum absolute atomic E-state index is 15.9. The summed E-state index contributed by atoms with van der Waals surface area (Å²) >= 11 is 0. The van der Waals surface area contributed by atoms with E-state index in [4.69, 9.17) is 4.74 Å². The summed E-state index contributed by atoms with van der Waals surface area (Å²) in [6.07, 6.45) is -1.94. The summed E-state index contributed by atoms with van der Waals surface area (Å²) in [5.41, 5.74) is 2.55. The van der Waals surface area contributed by atoms with Crippen LogP contribution in [0.5, 0.6) is 0 Å². The standard InChI is InChI=1S/C29H38F4N8O4/c1-27(2,3)45-26(44)40-13-11-28(12-14-40,24(42)38-39-25(43)34-4)16-35-22-21(30)23(37-17-36-22)41(20-9-10-20)15-18-5-7-19(8-6-18)29(31,32)33/h5-8,17,20H,9-16H2,1-4H3,(H,38,42)(H2,34,39,43)(H,35,36,37). The van der Waals surface area contributed by atoms with Gasteiger partial charge in [-0.05, 0) is 64.2 Å². The van der Waals surface area contributed by atoms with Crippen LogP contribution in [0.2, 0.25) is 0 Å². The predicted octanol–water partition coefficient (Wildman–Crippen LogP) is 4.19. The normalized spacial score (nSPS) is 16.4. The van der Waals surface area contributed by atoms with Gasteiger partial charge in [0.05, 0.1) is 11.0 Å². The second kappa shape index (κ2) is 13.3. The van der Waals surface area contributed by atoms with Crippen molar-refractivity contribution in [2.45, 2.75) is 70.8 Å². The molecule has 0 bridgehead atoms. The minimum Gasteiger partial charge on any atom is -0.444 e. The zero-order valence-electron chi connectivity index (χ0n) is 25.6. The second-order valence-corrected chi connectivity index (χ2v) is 12.2. The van der Waals surface area contributed by atoms with Crippen LogP contribution in [-0.2, 0) is 22.3 Å². The molecule has 1 aromatic heterocycles. The van der Waals surface area contributed by atoms with Gasteiger partial charge in [-0.25, -0.2) is 25.0 Å². The van der Waals surface area contributed by atoms with Crippen LogP contribution >= 0.6 is 0 Å². The Kier molecular flexibility index (Phi) is 9.92. The van der Waals surface area contributed by atoms with Crippen molar-refractivity contribution in [3.05, 3.63) is 47.5 Å². The number of piperidine rings is 1. The Balaban J connectivity index is 1.51. The molecule has 1 saturated carbocycles. The number of alkyl halides is 3. The molecule has 16 heteroatoms. The number of halogens is 4. The van der Waals surface area contributed by atoms with Gasteiger partial charge in [0.2, 0.25) is 11.7 Å². The van der Waals surface area contributed by atoms with Gasteiger partial charge in [0, 0.05) is 39.3 Å². The first-order valence-electron chi connectivity index (χ1n) is 14.5. The number of hydrogen-bond donors (Lipinski definition) is 4. The number of hydrazine groups is 1. The third-order valence-electron chi connectivity index (χ3n) is 7.63. The van der Waals surface area contributed by atoms with Crippen molar-refractivity contribution in [3.8, 4) is 0 Å². The number of anilines is 2. The summed E-state index contributed by atoms with van der Waals surface area (Å²) in [6.45, 7) is 5.63. The van der Waals surface area contributed by atoms with Crippen molar-refractivity contribution in [2.75, 3.05) is 36.9 Å². The van der Waals surface area contributed by atoms with Gasteiger partial charge in [0.1, 0.15) is 11.9 Å². The van der Waals surface area contributed by atoms with Crippen LogP contribution in [-0.4, -0.2) is 71.2 Å². The molecular formula is C29H38F4N8O4. The fourth-order valence-electron chi connectivity index (χ4n) is 4.93. The maximum atomic E-state index is 15.9. The molecular weight excluding hydrogens is 600 g/mol. The monoisotopic (exact) mass is 638 g/mol. The molecule has 4 amide bonds. The third-order valence-corrected chi connectivity index (χ3v) is 7.63. The van der Waals surface area contributed by atoms with Crippen LogP contribution in [0.1, 0.15) is 57.6 Å². The number of aromatic nitrogens is 2. The number of ether oxygens (including phenoxy) is 1. The fourth-order valence-corrected chi connectivity index (χ4v) is 4.93.